The average Bonchev–Trinajstić information content (AvgIpc) is 3.42. The van der Waals surface area contributed by atoms with Crippen molar-refractivity contribution in [1.82, 2.24) is 0 Å². The summed E-state index contributed by atoms with van der Waals surface area (Å²) >= 11 is 0. The number of fused-ring (bicyclic) bond motifs is 7. The van der Waals surface area contributed by atoms with E-state index < -0.39 is 19.7 Å². The smallest absolute Gasteiger partial charge is 0.226 e. The summed E-state index contributed by atoms with van der Waals surface area (Å²) in [4.78, 5) is 12.3. The number of ketones is 1. The molecule has 0 amide bonds. The summed E-state index contributed by atoms with van der Waals surface area (Å²) < 4.78 is 31.8. The number of ether oxygens (including phenoxy) is 4. The van der Waals surface area contributed by atoms with Crippen molar-refractivity contribution in [1.29, 1.82) is 0 Å². The maximum atomic E-state index is 12.3. The first kappa shape index (κ1) is 22.9. The Bertz CT molecular complexity index is 869. The van der Waals surface area contributed by atoms with Crippen LogP contribution < -0.4 is 0 Å². The van der Waals surface area contributed by atoms with Gasteiger partial charge in [-0.05, 0) is 87.4 Å². The van der Waals surface area contributed by atoms with Gasteiger partial charge >= 0.3 is 0 Å². The highest BCUT2D eigenvalue weighted by Crippen LogP contribution is 2.72. The second-order valence-electron chi connectivity index (χ2n) is 12.9. The van der Waals surface area contributed by atoms with Gasteiger partial charge < -0.3 is 23.4 Å². The number of hydrogen-bond donors (Lipinski definition) is 0. The quantitative estimate of drug-likeness (QED) is 0.534. The zero-order valence-electron chi connectivity index (χ0n) is 20.9. The molecule has 0 aromatic rings. The highest BCUT2D eigenvalue weighted by molar-refractivity contribution is 6.69. The lowest BCUT2D eigenvalue weighted by Gasteiger charge is -2.63. The Morgan fingerprint density at radius 1 is 1.03 bits per heavy atom. The van der Waals surface area contributed by atoms with Crippen molar-refractivity contribution in [2.75, 3.05) is 20.2 Å². The molecule has 6 nitrogen and oxygen atoms in total. The summed E-state index contributed by atoms with van der Waals surface area (Å²) in [5, 5.41) is 0. The third kappa shape index (κ3) is 2.99. The average molecular weight is 477 g/mol. The van der Waals surface area contributed by atoms with E-state index >= 15 is 0 Å². The first-order chi connectivity index (χ1) is 15.5. The van der Waals surface area contributed by atoms with Gasteiger partial charge in [0.05, 0.1) is 0 Å². The zero-order valence-corrected chi connectivity index (χ0v) is 21.9. The van der Waals surface area contributed by atoms with E-state index in [-0.39, 0.29) is 30.5 Å². The summed E-state index contributed by atoms with van der Waals surface area (Å²) in [5.41, 5.74) is 0.831. The predicted molar refractivity (Wildman–Crippen MR) is 125 cm³/mol. The van der Waals surface area contributed by atoms with Crippen LogP contribution >= 0.6 is 0 Å². The molecule has 7 heteroatoms. The molecule has 0 aromatic heterocycles. The summed E-state index contributed by atoms with van der Waals surface area (Å²) in [6.45, 7) is 12.8. The van der Waals surface area contributed by atoms with Gasteiger partial charge in [0, 0.05) is 17.9 Å². The topological polar surface area (TPSA) is 63.2 Å². The van der Waals surface area contributed by atoms with Crippen molar-refractivity contribution in [3.8, 4) is 0 Å². The van der Waals surface area contributed by atoms with Crippen LogP contribution in [0.25, 0.3) is 0 Å². The number of carbonyl (C=O) groups is 1. The van der Waals surface area contributed by atoms with Crippen LogP contribution in [0.1, 0.15) is 58.8 Å². The molecule has 2 saturated heterocycles. The van der Waals surface area contributed by atoms with Crippen LogP contribution in [-0.4, -0.2) is 51.8 Å². The molecule has 6 rings (SSSR count). The molecule has 3 saturated carbocycles. The highest BCUT2D eigenvalue weighted by atomic mass is 28.4. The van der Waals surface area contributed by atoms with Gasteiger partial charge in [0.25, 0.3) is 0 Å². The molecular formula is C26H40O6Si. The maximum absolute atomic E-state index is 12.3. The third-order valence-electron chi connectivity index (χ3n) is 10.4. The molecule has 2 aliphatic heterocycles. The SMILES string of the molecule is C[C@]12CCC(=O)C=C1CC[C@@H]1[C@@H]2[C@@H](O[Si](C)(C)C)C[C@@]2(C)[C@H]1CC[C@@]21OCOC12COCO2. The molecule has 4 aliphatic carbocycles. The first-order valence-electron chi connectivity index (χ1n) is 13.0. The lowest BCUT2D eigenvalue weighted by Crippen LogP contribution is -2.67. The maximum Gasteiger partial charge on any atom is 0.226 e. The van der Waals surface area contributed by atoms with Gasteiger partial charge in [-0.1, -0.05) is 19.4 Å². The van der Waals surface area contributed by atoms with Gasteiger partial charge in [-0.2, -0.15) is 0 Å². The van der Waals surface area contributed by atoms with Crippen LogP contribution in [0.15, 0.2) is 11.6 Å². The van der Waals surface area contributed by atoms with Gasteiger partial charge in [0.1, 0.15) is 12.2 Å². The summed E-state index contributed by atoms with van der Waals surface area (Å²) in [7, 11) is -1.81. The molecule has 5 fully saturated rings. The molecule has 184 valence electrons. The first-order valence-corrected chi connectivity index (χ1v) is 16.4. The summed E-state index contributed by atoms with van der Waals surface area (Å²) in [5.74, 6) is 1.05. The van der Waals surface area contributed by atoms with Crippen molar-refractivity contribution in [2.45, 2.75) is 95.9 Å². The number of rotatable bonds is 2. The fourth-order valence-corrected chi connectivity index (χ4v) is 10.3. The molecule has 2 spiro atoms. The molecule has 33 heavy (non-hydrogen) atoms. The number of allylic oxidation sites excluding steroid dienone is 1. The Balaban J connectivity index is 1.45. The largest absolute Gasteiger partial charge is 0.414 e. The Hall–Kier alpha value is -0.573. The number of carbonyl (C=O) groups excluding carboxylic acids is 1. The minimum absolute atomic E-state index is 0.0515. The standard InChI is InChI=1S/C26H40O6Si/c1-23-10-8-18(27)12-17(23)6-7-19-20-9-11-25(26(31-16-29-25)14-28-15-30-26)24(20,2)13-21(22(19)23)32-33(3,4)5/h12,19-22H,6-11,13-16H2,1-5H3/t19-,20-,21-,22+,23-,24-,25+,26?/m0/s1. The van der Waals surface area contributed by atoms with E-state index in [4.69, 9.17) is 23.4 Å². The summed E-state index contributed by atoms with van der Waals surface area (Å²) in [6, 6.07) is 0. The van der Waals surface area contributed by atoms with E-state index in [2.05, 4.69) is 33.5 Å². The van der Waals surface area contributed by atoms with Gasteiger partial charge in [0.15, 0.2) is 27.7 Å². The van der Waals surface area contributed by atoms with Crippen molar-refractivity contribution >= 4 is 14.1 Å². The van der Waals surface area contributed by atoms with E-state index in [1.165, 1.54) is 5.57 Å². The van der Waals surface area contributed by atoms with Crippen LogP contribution in [0.5, 0.6) is 0 Å². The van der Waals surface area contributed by atoms with E-state index in [1.54, 1.807) is 0 Å². The molecule has 6 aliphatic rings. The van der Waals surface area contributed by atoms with Crippen LogP contribution in [0, 0.1) is 28.6 Å². The van der Waals surface area contributed by atoms with Gasteiger partial charge in [-0.3, -0.25) is 4.79 Å². The lowest BCUT2D eigenvalue weighted by atomic mass is 9.45. The normalized spacial score (nSPS) is 51.5. The minimum Gasteiger partial charge on any atom is -0.414 e. The van der Waals surface area contributed by atoms with Crippen molar-refractivity contribution < 1.29 is 28.2 Å². The van der Waals surface area contributed by atoms with Gasteiger partial charge in [0.2, 0.25) is 5.79 Å². The Morgan fingerprint density at radius 2 is 1.82 bits per heavy atom. The molecule has 0 radical (unpaired) electrons. The van der Waals surface area contributed by atoms with Crippen LogP contribution in [-0.2, 0) is 28.2 Å². The molecular weight excluding hydrogens is 436 g/mol. The summed E-state index contributed by atoms with van der Waals surface area (Å²) in [6.07, 6.45) is 8.95. The Morgan fingerprint density at radius 3 is 2.55 bits per heavy atom. The van der Waals surface area contributed by atoms with E-state index in [0.717, 1.165) is 38.5 Å². The lowest BCUT2D eigenvalue weighted by molar-refractivity contribution is -0.256. The fraction of sp³-hybridized carbons (Fsp3) is 0.885. The van der Waals surface area contributed by atoms with E-state index in [0.29, 0.717) is 36.6 Å². The molecule has 0 bridgehead atoms. The molecule has 0 aromatic carbocycles. The second kappa shape index (κ2) is 7.23. The van der Waals surface area contributed by atoms with Crippen molar-refractivity contribution in [2.24, 2.45) is 28.6 Å². The zero-order chi connectivity index (χ0) is 23.3. The minimum atomic E-state index is -1.81. The molecule has 0 N–H and O–H groups in total. The molecule has 2 heterocycles. The Kier molecular flexibility index (Phi) is 5.01. The molecule has 1 unspecified atom stereocenters. The van der Waals surface area contributed by atoms with Crippen LogP contribution in [0.3, 0.4) is 0 Å². The molecule has 8 atom stereocenters. The van der Waals surface area contributed by atoms with Gasteiger partial charge in [-0.15, -0.1) is 0 Å². The highest BCUT2D eigenvalue weighted by Gasteiger charge is 2.77. The van der Waals surface area contributed by atoms with Crippen molar-refractivity contribution in [3.63, 3.8) is 0 Å². The monoisotopic (exact) mass is 476 g/mol. The number of hydrogen-bond acceptors (Lipinski definition) is 6. The second-order valence-corrected chi connectivity index (χ2v) is 17.4. The third-order valence-corrected chi connectivity index (χ3v) is 11.4. The van der Waals surface area contributed by atoms with Crippen molar-refractivity contribution in [3.05, 3.63) is 11.6 Å². The van der Waals surface area contributed by atoms with E-state index in [9.17, 15) is 4.79 Å². The van der Waals surface area contributed by atoms with Gasteiger partial charge in [-0.25, -0.2) is 0 Å². The fourth-order valence-electron chi connectivity index (χ4n) is 9.19. The van der Waals surface area contributed by atoms with E-state index in [1.807, 2.05) is 6.08 Å². The Labute approximate surface area is 198 Å². The predicted octanol–water partition coefficient (Wildman–Crippen LogP) is 4.79. The van der Waals surface area contributed by atoms with Crippen LogP contribution in [0.4, 0.5) is 0 Å². The van der Waals surface area contributed by atoms with Crippen LogP contribution in [0.2, 0.25) is 19.6 Å².